The first-order valence-corrected chi connectivity index (χ1v) is 10.7. The third-order valence-electron chi connectivity index (χ3n) is 4.39. The van der Waals surface area contributed by atoms with Crippen molar-refractivity contribution in [1.82, 2.24) is 4.98 Å². The van der Waals surface area contributed by atoms with Gasteiger partial charge in [0.15, 0.2) is 0 Å². The van der Waals surface area contributed by atoms with E-state index in [9.17, 15) is 18.3 Å². The number of carbonyl (C=O) groups is 1. The number of aromatic carboxylic acids is 1. The van der Waals surface area contributed by atoms with Crippen molar-refractivity contribution < 1.29 is 18.3 Å². The van der Waals surface area contributed by atoms with E-state index in [2.05, 4.69) is 9.71 Å². The minimum Gasteiger partial charge on any atom is -0.477 e. The predicted octanol–water partition coefficient (Wildman–Crippen LogP) is 4.70. The topological polar surface area (TPSA) is 99.3 Å². The number of sulfonamides is 1. The number of benzene rings is 2. The van der Waals surface area contributed by atoms with E-state index >= 15 is 0 Å². The highest BCUT2D eigenvalue weighted by Gasteiger charge is 2.23. The van der Waals surface area contributed by atoms with Crippen LogP contribution in [-0.2, 0) is 10.0 Å². The van der Waals surface area contributed by atoms with E-state index in [1.807, 2.05) is 30.5 Å². The number of rotatable bonds is 5. The van der Waals surface area contributed by atoms with Crippen LogP contribution in [0.25, 0.3) is 21.3 Å². The molecule has 142 valence electrons. The molecule has 2 heterocycles. The molecule has 4 rings (SSSR count). The lowest BCUT2D eigenvalue weighted by Gasteiger charge is -2.09. The smallest absolute Gasteiger partial charge is 0.348 e. The summed E-state index contributed by atoms with van der Waals surface area (Å²) in [7, 11) is -3.91. The molecule has 0 unspecified atom stereocenters. The van der Waals surface area contributed by atoms with E-state index in [-0.39, 0.29) is 15.5 Å². The molecule has 0 saturated carbocycles. The molecule has 0 aliphatic carbocycles. The maximum Gasteiger partial charge on any atom is 0.348 e. The molecule has 2 aromatic heterocycles. The maximum atomic E-state index is 12.8. The number of aromatic nitrogens is 1. The summed E-state index contributed by atoms with van der Waals surface area (Å²) in [6, 6.07) is 15.8. The molecule has 0 spiro atoms. The SMILES string of the molecule is Cc1ccccc1S(=O)(=O)Nc1cc(-c2ccc3[nH]ccc3c2)sc1C(=O)O. The number of hydrogen-bond acceptors (Lipinski definition) is 4. The molecule has 0 bridgehead atoms. The summed E-state index contributed by atoms with van der Waals surface area (Å²) in [5, 5.41) is 10.5. The quantitative estimate of drug-likeness (QED) is 0.442. The molecule has 0 saturated heterocycles. The zero-order valence-electron chi connectivity index (χ0n) is 14.8. The second kappa shape index (κ2) is 6.81. The number of aryl methyl sites for hydroxylation is 1. The lowest BCUT2D eigenvalue weighted by molar-refractivity contribution is 0.0703. The largest absolute Gasteiger partial charge is 0.477 e. The van der Waals surface area contributed by atoms with Gasteiger partial charge in [0.1, 0.15) is 4.88 Å². The molecule has 0 amide bonds. The monoisotopic (exact) mass is 412 g/mol. The Morgan fingerprint density at radius 2 is 1.89 bits per heavy atom. The van der Waals surface area contributed by atoms with E-state index in [0.717, 1.165) is 27.8 Å². The van der Waals surface area contributed by atoms with Crippen LogP contribution in [0.15, 0.2) is 65.7 Å². The molecule has 0 aliphatic heterocycles. The zero-order valence-corrected chi connectivity index (χ0v) is 16.4. The third-order valence-corrected chi connectivity index (χ3v) is 7.09. The fraction of sp³-hybridized carbons (Fsp3) is 0.0500. The Morgan fingerprint density at radius 3 is 2.64 bits per heavy atom. The van der Waals surface area contributed by atoms with Crippen LogP contribution in [0.4, 0.5) is 5.69 Å². The molecule has 0 radical (unpaired) electrons. The Bertz CT molecular complexity index is 1300. The summed E-state index contributed by atoms with van der Waals surface area (Å²) < 4.78 is 28.0. The Morgan fingerprint density at radius 1 is 1.11 bits per heavy atom. The number of nitrogens with one attached hydrogen (secondary N) is 2. The van der Waals surface area contributed by atoms with Gasteiger partial charge >= 0.3 is 5.97 Å². The highest BCUT2D eigenvalue weighted by molar-refractivity contribution is 7.92. The predicted molar refractivity (Wildman–Crippen MR) is 111 cm³/mol. The summed E-state index contributed by atoms with van der Waals surface area (Å²) in [5.41, 5.74) is 2.44. The second-order valence-electron chi connectivity index (χ2n) is 6.31. The number of fused-ring (bicyclic) bond motifs is 1. The van der Waals surface area contributed by atoms with Gasteiger partial charge in [-0.3, -0.25) is 4.72 Å². The van der Waals surface area contributed by atoms with Gasteiger partial charge in [-0.2, -0.15) is 0 Å². The molecule has 0 aliphatic rings. The van der Waals surface area contributed by atoms with Gasteiger partial charge in [0, 0.05) is 16.6 Å². The fourth-order valence-electron chi connectivity index (χ4n) is 3.03. The molecule has 0 atom stereocenters. The zero-order chi connectivity index (χ0) is 19.9. The van der Waals surface area contributed by atoms with Crippen LogP contribution in [0.2, 0.25) is 0 Å². The van der Waals surface area contributed by atoms with Gasteiger partial charge in [-0.1, -0.05) is 24.3 Å². The normalized spacial score (nSPS) is 11.6. The second-order valence-corrected chi connectivity index (χ2v) is 9.01. The standard InChI is InChI=1S/C20H16N2O4S2/c1-12-4-2-3-5-18(12)28(25,26)22-16-11-17(27-19(16)20(23)24)14-6-7-15-13(10-14)8-9-21-15/h2-11,21-22H,1H3,(H,23,24). The van der Waals surface area contributed by atoms with Gasteiger partial charge in [-0.25, -0.2) is 13.2 Å². The van der Waals surface area contributed by atoms with Crippen molar-refractivity contribution in [2.45, 2.75) is 11.8 Å². The number of anilines is 1. The Labute approximate surface area is 165 Å². The van der Waals surface area contributed by atoms with Crippen LogP contribution >= 0.6 is 11.3 Å². The number of thiophene rings is 1. The first-order chi connectivity index (χ1) is 13.3. The fourth-order valence-corrected chi connectivity index (χ4v) is 5.36. The summed E-state index contributed by atoms with van der Waals surface area (Å²) in [6.07, 6.45) is 1.83. The summed E-state index contributed by atoms with van der Waals surface area (Å²) in [6.45, 7) is 1.69. The van der Waals surface area contributed by atoms with E-state index in [1.54, 1.807) is 31.2 Å². The lowest BCUT2D eigenvalue weighted by atomic mass is 10.1. The first-order valence-electron chi connectivity index (χ1n) is 8.38. The molecule has 6 nitrogen and oxygen atoms in total. The lowest BCUT2D eigenvalue weighted by Crippen LogP contribution is -2.15. The number of hydrogen-bond donors (Lipinski definition) is 3. The highest BCUT2D eigenvalue weighted by atomic mass is 32.2. The Kier molecular flexibility index (Phi) is 4.44. The van der Waals surface area contributed by atoms with Crippen LogP contribution in [0.3, 0.4) is 0 Å². The molecular weight excluding hydrogens is 396 g/mol. The molecule has 0 fully saturated rings. The number of H-pyrrole nitrogens is 1. The summed E-state index contributed by atoms with van der Waals surface area (Å²) in [4.78, 5) is 15.5. The van der Waals surface area contributed by atoms with E-state index in [0.29, 0.717) is 10.4 Å². The van der Waals surface area contributed by atoms with E-state index in [4.69, 9.17) is 0 Å². The minimum absolute atomic E-state index is 0.0543. The van der Waals surface area contributed by atoms with Gasteiger partial charge in [0.2, 0.25) is 0 Å². The van der Waals surface area contributed by atoms with Crippen molar-refractivity contribution in [3.63, 3.8) is 0 Å². The van der Waals surface area contributed by atoms with Gasteiger partial charge in [-0.05, 0) is 53.8 Å². The van der Waals surface area contributed by atoms with E-state index < -0.39 is 16.0 Å². The van der Waals surface area contributed by atoms with Gasteiger partial charge in [0.25, 0.3) is 10.0 Å². The van der Waals surface area contributed by atoms with Gasteiger partial charge < -0.3 is 10.1 Å². The van der Waals surface area contributed by atoms with Crippen LogP contribution in [0, 0.1) is 6.92 Å². The van der Waals surface area contributed by atoms with Crippen LogP contribution in [0.1, 0.15) is 15.2 Å². The molecule has 3 N–H and O–H groups in total. The molecule has 8 heteroatoms. The molecule has 4 aromatic rings. The third kappa shape index (κ3) is 3.28. The van der Waals surface area contributed by atoms with Crippen molar-refractivity contribution in [1.29, 1.82) is 0 Å². The van der Waals surface area contributed by atoms with Crippen LogP contribution < -0.4 is 4.72 Å². The van der Waals surface area contributed by atoms with Crippen molar-refractivity contribution in [3.05, 3.63) is 71.2 Å². The summed E-state index contributed by atoms with van der Waals surface area (Å²) in [5.74, 6) is -1.18. The number of carboxylic acid groups (broad SMARTS) is 1. The number of aromatic amines is 1. The van der Waals surface area contributed by atoms with Crippen molar-refractivity contribution in [2.75, 3.05) is 4.72 Å². The average Bonchev–Trinajstić information content (AvgIpc) is 3.27. The number of carboxylic acids is 1. The Hall–Kier alpha value is -3.10. The van der Waals surface area contributed by atoms with Gasteiger partial charge in [0.05, 0.1) is 10.6 Å². The van der Waals surface area contributed by atoms with Crippen LogP contribution in [-0.4, -0.2) is 24.5 Å². The van der Waals surface area contributed by atoms with Crippen molar-refractivity contribution in [3.8, 4) is 10.4 Å². The minimum atomic E-state index is -3.91. The Balaban J connectivity index is 1.77. The molecule has 28 heavy (non-hydrogen) atoms. The molecule has 2 aromatic carbocycles. The van der Waals surface area contributed by atoms with Crippen molar-refractivity contribution in [2.24, 2.45) is 0 Å². The maximum absolute atomic E-state index is 12.8. The average molecular weight is 412 g/mol. The van der Waals surface area contributed by atoms with Gasteiger partial charge in [-0.15, -0.1) is 11.3 Å². The molecular formula is C20H16N2O4S2. The van der Waals surface area contributed by atoms with E-state index in [1.165, 1.54) is 6.07 Å². The van der Waals surface area contributed by atoms with Crippen molar-refractivity contribution >= 4 is 43.9 Å². The highest BCUT2D eigenvalue weighted by Crippen LogP contribution is 2.37. The van der Waals surface area contributed by atoms with Crippen LogP contribution in [0.5, 0.6) is 0 Å². The summed E-state index contributed by atoms with van der Waals surface area (Å²) >= 11 is 1.04. The first kappa shape index (κ1) is 18.3.